The van der Waals surface area contributed by atoms with Crippen LogP contribution in [0.3, 0.4) is 0 Å². The molecule has 0 aromatic heterocycles. The maximum Gasteiger partial charge on any atom is 0.165 e. The van der Waals surface area contributed by atoms with Crippen molar-refractivity contribution in [2.45, 2.75) is 19.6 Å². The van der Waals surface area contributed by atoms with Gasteiger partial charge in [0.05, 0.1) is 12.4 Å². The van der Waals surface area contributed by atoms with Crippen LogP contribution in [0.1, 0.15) is 19.4 Å². The molecule has 0 N–H and O–H groups in total. The van der Waals surface area contributed by atoms with Gasteiger partial charge in [-0.2, -0.15) is 0 Å². The van der Waals surface area contributed by atoms with Crippen molar-refractivity contribution in [1.82, 2.24) is 0 Å². The lowest BCUT2D eigenvalue weighted by Crippen LogP contribution is -2.07. The van der Waals surface area contributed by atoms with Gasteiger partial charge in [-0.1, -0.05) is 13.0 Å². The average Bonchev–Trinajstić information content (AvgIpc) is 2.22. The molecule has 5 heteroatoms. The fourth-order valence-corrected chi connectivity index (χ4v) is 2.15. The van der Waals surface area contributed by atoms with E-state index in [2.05, 4.69) is 0 Å². The van der Waals surface area contributed by atoms with Gasteiger partial charge in [0.1, 0.15) is 0 Å². The molecule has 0 bridgehead atoms. The van der Waals surface area contributed by atoms with E-state index in [-0.39, 0.29) is 17.3 Å². The summed E-state index contributed by atoms with van der Waals surface area (Å²) in [4.78, 5) is 0. The minimum Gasteiger partial charge on any atom is -0.491 e. The van der Waals surface area contributed by atoms with Gasteiger partial charge in [-0.25, -0.2) is 12.8 Å². The monoisotopic (exact) mass is 246 g/mol. The van der Waals surface area contributed by atoms with Gasteiger partial charge >= 0.3 is 0 Å². The standard InChI is InChI=1S/C11H15FO3S/c1-3-15-11-6-5-9(7-10(11)12)8-16(13,14)4-2/h5-7H,3-4,8H2,1-2H3. The lowest BCUT2D eigenvalue weighted by Gasteiger charge is -2.06. The van der Waals surface area contributed by atoms with Gasteiger partial charge < -0.3 is 4.74 Å². The Balaban J connectivity index is 2.89. The topological polar surface area (TPSA) is 43.4 Å². The number of hydrogen-bond donors (Lipinski definition) is 0. The summed E-state index contributed by atoms with van der Waals surface area (Å²) in [6, 6.07) is 4.23. The van der Waals surface area contributed by atoms with E-state index in [1.807, 2.05) is 0 Å². The molecule has 1 aromatic carbocycles. The molecule has 0 heterocycles. The number of benzene rings is 1. The summed E-state index contributed by atoms with van der Waals surface area (Å²) in [7, 11) is -3.12. The Labute approximate surface area is 95.2 Å². The second-order valence-electron chi connectivity index (χ2n) is 3.37. The normalized spacial score (nSPS) is 11.4. The van der Waals surface area contributed by atoms with Gasteiger partial charge in [-0.15, -0.1) is 0 Å². The Kier molecular flexibility index (Phi) is 4.29. The van der Waals surface area contributed by atoms with Crippen molar-refractivity contribution >= 4 is 9.84 Å². The first kappa shape index (κ1) is 13.0. The number of ether oxygens (including phenoxy) is 1. The molecular formula is C11H15FO3S. The predicted octanol–water partition coefficient (Wildman–Crippen LogP) is 2.16. The zero-order valence-electron chi connectivity index (χ0n) is 9.36. The molecule has 16 heavy (non-hydrogen) atoms. The highest BCUT2D eigenvalue weighted by atomic mass is 32.2. The number of hydrogen-bond acceptors (Lipinski definition) is 3. The molecule has 0 saturated heterocycles. The first-order chi connectivity index (χ1) is 7.48. The molecule has 0 fully saturated rings. The lowest BCUT2D eigenvalue weighted by molar-refractivity contribution is 0.321. The quantitative estimate of drug-likeness (QED) is 0.799. The van der Waals surface area contributed by atoms with Gasteiger partial charge in [0.25, 0.3) is 0 Å². The second-order valence-corrected chi connectivity index (χ2v) is 5.73. The van der Waals surface area contributed by atoms with Crippen molar-refractivity contribution in [3.05, 3.63) is 29.6 Å². The minimum absolute atomic E-state index is 0.0574. The van der Waals surface area contributed by atoms with Gasteiger partial charge in [-0.3, -0.25) is 0 Å². The van der Waals surface area contributed by atoms with Crippen LogP contribution in [-0.4, -0.2) is 20.8 Å². The predicted molar refractivity (Wildman–Crippen MR) is 60.7 cm³/mol. The van der Waals surface area contributed by atoms with Crippen molar-refractivity contribution in [2.75, 3.05) is 12.4 Å². The van der Waals surface area contributed by atoms with E-state index in [0.717, 1.165) is 0 Å². The van der Waals surface area contributed by atoms with Gasteiger partial charge in [0.2, 0.25) is 0 Å². The van der Waals surface area contributed by atoms with Crippen LogP contribution in [0.4, 0.5) is 4.39 Å². The van der Waals surface area contributed by atoms with Crippen molar-refractivity contribution < 1.29 is 17.5 Å². The van der Waals surface area contributed by atoms with E-state index in [9.17, 15) is 12.8 Å². The Hall–Kier alpha value is -1.10. The average molecular weight is 246 g/mol. The highest BCUT2D eigenvalue weighted by molar-refractivity contribution is 7.90. The van der Waals surface area contributed by atoms with Crippen LogP contribution in [0, 0.1) is 5.82 Å². The largest absolute Gasteiger partial charge is 0.491 e. The molecule has 90 valence electrons. The Morgan fingerprint density at radius 1 is 1.31 bits per heavy atom. The van der Waals surface area contributed by atoms with Crippen LogP contribution in [0.2, 0.25) is 0 Å². The summed E-state index contributed by atoms with van der Waals surface area (Å²) in [5, 5.41) is 0. The zero-order valence-corrected chi connectivity index (χ0v) is 10.2. The van der Waals surface area contributed by atoms with E-state index >= 15 is 0 Å². The molecule has 0 spiro atoms. The third-order valence-corrected chi connectivity index (χ3v) is 3.78. The van der Waals surface area contributed by atoms with Crippen LogP contribution in [0.5, 0.6) is 5.75 Å². The summed E-state index contributed by atoms with van der Waals surface area (Å²) in [6.45, 7) is 3.71. The number of rotatable bonds is 5. The molecular weight excluding hydrogens is 231 g/mol. The summed E-state index contributed by atoms with van der Waals surface area (Å²) in [5.41, 5.74) is 0.447. The van der Waals surface area contributed by atoms with Crippen molar-refractivity contribution in [1.29, 1.82) is 0 Å². The first-order valence-electron chi connectivity index (χ1n) is 5.10. The third kappa shape index (κ3) is 3.48. The van der Waals surface area contributed by atoms with Crippen molar-refractivity contribution in [3.63, 3.8) is 0 Å². The number of sulfone groups is 1. The fourth-order valence-electron chi connectivity index (χ4n) is 1.26. The highest BCUT2D eigenvalue weighted by Gasteiger charge is 2.11. The summed E-state index contributed by atoms with van der Waals surface area (Å²) in [5.74, 6) is -0.444. The molecule has 1 aromatic rings. The van der Waals surface area contributed by atoms with Crippen LogP contribution in [-0.2, 0) is 15.6 Å². The molecule has 0 amide bonds. The third-order valence-electron chi connectivity index (χ3n) is 2.12. The van der Waals surface area contributed by atoms with Crippen molar-refractivity contribution in [3.8, 4) is 5.75 Å². The molecule has 1 rings (SSSR count). The van der Waals surface area contributed by atoms with E-state index < -0.39 is 15.7 Å². The maximum absolute atomic E-state index is 13.4. The van der Waals surface area contributed by atoms with Gasteiger partial charge in [0, 0.05) is 5.75 Å². The number of halogens is 1. The van der Waals surface area contributed by atoms with Crippen LogP contribution < -0.4 is 4.74 Å². The molecule has 0 saturated carbocycles. The molecule has 0 radical (unpaired) electrons. The zero-order chi connectivity index (χ0) is 12.2. The van der Waals surface area contributed by atoms with E-state index in [1.165, 1.54) is 12.1 Å². The molecule has 0 aliphatic heterocycles. The summed E-state index contributed by atoms with van der Waals surface area (Å²) < 4.78 is 41.1. The molecule has 3 nitrogen and oxygen atoms in total. The van der Waals surface area contributed by atoms with E-state index in [0.29, 0.717) is 12.2 Å². The van der Waals surface area contributed by atoms with Crippen LogP contribution in [0.15, 0.2) is 18.2 Å². The molecule has 0 atom stereocenters. The fraction of sp³-hybridized carbons (Fsp3) is 0.455. The SMILES string of the molecule is CCOc1ccc(CS(=O)(=O)CC)cc1F. The molecule has 0 aliphatic rings. The summed E-state index contributed by atoms with van der Waals surface area (Å²) in [6.07, 6.45) is 0. The lowest BCUT2D eigenvalue weighted by atomic mass is 10.2. The van der Waals surface area contributed by atoms with E-state index in [1.54, 1.807) is 19.9 Å². The minimum atomic E-state index is -3.12. The highest BCUT2D eigenvalue weighted by Crippen LogP contribution is 2.19. The van der Waals surface area contributed by atoms with Gasteiger partial charge in [-0.05, 0) is 24.6 Å². The van der Waals surface area contributed by atoms with Gasteiger partial charge in [0.15, 0.2) is 21.4 Å². The second kappa shape index (κ2) is 5.30. The summed E-state index contributed by atoms with van der Waals surface area (Å²) >= 11 is 0. The Bertz CT molecular complexity index is 454. The molecule has 0 aliphatic carbocycles. The molecule has 0 unspecified atom stereocenters. The smallest absolute Gasteiger partial charge is 0.165 e. The first-order valence-corrected chi connectivity index (χ1v) is 6.92. The van der Waals surface area contributed by atoms with Crippen LogP contribution in [0.25, 0.3) is 0 Å². The maximum atomic E-state index is 13.4. The van der Waals surface area contributed by atoms with E-state index in [4.69, 9.17) is 4.74 Å². The Morgan fingerprint density at radius 3 is 2.50 bits per heavy atom. The Morgan fingerprint density at radius 2 is 2.00 bits per heavy atom. The van der Waals surface area contributed by atoms with Crippen LogP contribution >= 0.6 is 0 Å². The van der Waals surface area contributed by atoms with Crippen molar-refractivity contribution in [2.24, 2.45) is 0 Å².